The van der Waals surface area contributed by atoms with Gasteiger partial charge in [-0.2, -0.15) is 5.10 Å². The molecule has 0 aliphatic carbocycles. The lowest BCUT2D eigenvalue weighted by Crippen LogP contribution is -1.92. The number of hydrazone groups is 1. The number of hydrogen-bond donors (Lipinski definition) is 1. The number of aromatic nitrogens is 2. The minimum absolute atomic E-state index is 0.735. The number of rotatable bonds is 3. The van der Waals surface area contributed by atoms with Gasteiger partial charge in [0.1, 0.15) is 0 Å². The Morgan fingerprint density at radius 3 is 2.05 bits per heavy atom. The van der Waals surface area contributed by atoms with E-state index in [1.807, 2.05) is 36.7 Å². The molecule has 1 aromatic carbocycles. The summed E-state index contributed by atoms with van der Waals surface area (Å²) in [7, 11) is 0. The fourth-order valence-electron chi connectivity index (χ4n) is 1.49. The zero-order valence-corrected chi connectivity index (χ0v) is 11.7. The summed E-state index contributed by atoms with van der Waals surface area (Å²) in [5, 5.41) is 16.5. The molecular formula is C15H16N6. The maximum absolute atomic E-state index is 6.50. The normalized spacial score (nSPS) is 9.00. The largest absolute Gasteiger partial charge is 0.323 e. The Bertz CT molecular complexity index is 575. The van der Waals surface area contributed by atoms with E-state index in [1.165, 1.54) is 0 Å². The first kappa shape index (κ1) is 17.8. The molecule has 0 unspecified atom stereocenters. The second-order valence-electron chi connectivity index (χ2n) is 3.67. The van der Waals surface area contributed by atoms with Gasteiger partial charge in [0.15, 0.2) is 5.82 Å². The van der Waals surface area contributed by atoms with Gasteiger partial charge in [-0.25, -0.2) is 20.5 Å². The van der Waals surface area contributed by atoms with Crippen LogP contribution in [0.25, 0.3) is 11.4 Å². The number of benzene rings is 1. The zero-order chi connectivity index (χ0) is 16.1. The van der Waals surface area contributed by atoms with Crippen LogP contribution in [0.15, 0.2) is 41.8 Å². The van der Waals surface area contributed by atoms with Crippen LogP contribution >= 0.6 is 0 Å². The van der Waals surface area contributed by atoms with E-state index in [2.05, 4.69) is 35.1 Å². The minimum atomic E-state index is 0.735. The highest BCUT2D eigenvalue weighted by molar-refractivity contribution is 5.80. The maximum atomic E-state index is 6.50. The van der Waals surface area contributed by atoms with Crippen molar-refractivity contribution in [1.82, 2.24) is 9.97 Å². The molecule has 0 spiro atoms. The fourth-order valence-corrected chi connectivity index (χ4v) is 1.49. The van der Waals surface area contributed by atoms with Crippen LogP contribution in [0.3, 0.4) is 0 Å². The molecular weight excluding hydrogens is 264 g/mol. The Labute approximate surface area is 124 Å². The highest BCUT2D eigenvalue weighted by Gasteiger charge is 2.00. The molecule has 0 saturated carbocycles. The second kappa shape index (κ2) is 10.7. The highest BCUT2D eigenvalue weighted by Crippen LogP contribution is 2.14. The molecule has 2 aromatic rings. The van der Waals surface area contributed by atoms with Gasteiger partial charge in [-0.1, -0.05) is 31.2 Å². The van der Waals surface area contributed by atoms with Crippen molar-refractivity contribution in [2.45, 2.75) is 13.3 Å². The predicted octanol–water partition coefficient (Wildman–Crippen LogP) is 2.28. The van der Waals surface area contributed by atoms with Gasteiger partial charge in [0.25, 0.3) is 0 Å². The summed E-state index contributed by atoms with van der Waals surface area (Å²) >= 11 is 0. The van der Waals surface area contributed by atoms with E-state index in [0.717, 1.165) is 28.9 Å². The summed E-state index contributed by atoms with van der Waals surface area (Å²) in [6.45, 7) is 9.08. The Balaban J connectivity index is 0.000000921. The van der Waals surface area contributed by atoms with Crippen molar-refractivity contribution < 1.29 is 0 Å². The van der Waals surface area contributed by atoms with Crippen LogP contribution in [0.2, 0.25) is 0 Å². The van der Waals surface area contributed by atoms with Crippen molar-refractivity contribution >= 4 is 6.21 Å². The van der Waals surface area contributed by atoms with Gasteiger partial charge in [-0.3, -0.25) is 0 Å². The minimum Gasteiger partial charge on any atom is -0.323 e. The molecule has 0 atom stereocenters. The van der Waals surface area contributed by atoms with Gasteiger partial charge in [-0.05, 0) is 17.5 Å². The van der Waals surface area contributed by atoms with E-state index in [1.54, 1.807) is 6.21 Å². The fraction of sp³-hybridized carbons (Fsp3) is 0.133. The molecule has 0 radical (unpaired) electrons. The van der Waals surface area contributed by atoms with Crippen LogP contribution in [0.1, 0.15) is 18.1 Å². The average Bonchev–Trinajstić information content (AvgIpc) is 2.60. The summed E-state index contributed by atoms with van der Waals surface area (Å²) in [4.78, 5) is 8.65. The number of nitrogens with zero attached hydrogens (tertiary/aromatic N) is 5. The lowest BCUT2D eigenvalue weighted by molar-refractivity contribution is 1.05. The molecule has 0 fully saturated rings. The number of nitrogens with two attached hydrogens (primary N) is 1. The third-order valence-corrected chi connectivity index (χ3v) is 2.51. The van der Waals surface area contributed by atoms with Gasteiger partial charge < -0.3 is 5.84 Å². The van der Waals surface area contributed by atoms with Crippen molar-refractivity contribution in [2.75, 3.05) is 0 Å². The second-order valence-corrected chi connectivity index (χ2v) is 3.67. The van der Waals surface area contributed by atoms with Gasteiger partial charge >= 0.3 is 0 Å². The molecule has 1 aromatic heterocycles. The van der Waals surface area contributed by atoms with Gasteiger partial charge in [0.05, 0.1) is 6.21 Å². The lowest BCUT2D eigenvalue weighted by Gasteiger charge is -2.01. The van der Waals surface area contributed by atoms with Gasteiger partial charge in [0.2, 0.25) is 0 Å². The third-order valence-electron chi connectivity index (χ3n) is 2.51. The SMILES string of the molecule is C#N.C#N.CCc1cnc(-c2ccc(C=NN)cc2)nc1. The molecule has 6 nitrogen and oxygen atoms in total. The van der Waals surface area contributed by atoms with Crippen LogP contribution in [-0.2, 0) is 6.42 Å². The Morgan fingerprint density at radius 2 is 1.62 bits per heavy atom. The first-order chi connectivity index (χ1) is 10.3. The van der Waals surface area contributed by atoms with Crippen molar-refractivity contribution in [3.05, 3.63) is 47.8 Å². The van der Waals surface area contributed by atoms with Crippen molar-refractivity contribution in [3.8, 4) is 24.5 Å². The molecule has 21 heavy (non-hydrogen) atoms. The van der Waals surface area contributed by atoms with Gasteiger partial charge in [-0.15, -0.1) is 0 Å². The van der Waals surface area contributed by atoms with E-state index in [9.17, 15) is 0 Å². The highest BCUT2D eigenvalue weighted by atomic mass is 15.1. The van der Waals surface area contributed by atoms with E-state index in [4.69, 9.17) is 16.4 Å². The smallest absolute Gasteiger partial charge is 0.159 e. The van der Waals surface area contributed by atoms with E-state index in [-0.39, 0.29) is 0 Å². The monoisotopic (exact) mass is 280 g/mol. The van der Waals surface area contributed by atoms with Crippen LogP contribution in [0, 0.1) is 23.7 Å². The molecule has 0 aliphatic heterocycles. The van der Waals surface area contributed by atoms with Gasteiger partial charge in [0, 0.05) is 31.1 Å². The lowest BCUT2D eigenvalue weighted by atomic mass is 10.1. The van der Waals surface area contributed by atoms with E-state index < -0.39 is 0 Å². The molecule has 0 amide bonds. The van der Waals surface area contributed by atoms with Crippen molar-refractivity contribution in [1.29, 1.82) is 10.5 Å². The zero-order valence-electron chi connectivity index (χ0n) is 11.7. The van der Waals surface area contributed by atoms with Crippen LogP contribution in [-0.4, -0.2) is 16.2 Å². The summed E-state index contributed by atoms with van der Waals surface area (Å²) < 4.78 is 0. The summed E-state index contributed by atoms with van der Waals surface area (Å²) in [5.74, 6) is 5.82. The number of nitriles is 2. The number of hydrogen-bond acceptors (Lipinski definition) is 6. The first-order valence-corrected chi connectivity index (χ1v) is 5.99. The molecule has 1 heterocycles. The Hall–Kier alpha value is -3.25. The number of aryl methyl sites for hydroxylation is 1. The summed E-state index contributed by atoms with van der Waals surface area (Å²) in [5.41, 5.74) is 3.09. The quantitative estimate of drug-likeness (QED) is 0.526. The first-order valence-electron chi connectivity index (χ1n) is 5.99. The van der Waals surface area contributed by atoms with Crippen molar-refractivity contribution in [2.24, 2.45) is 10.9 Å². The van der Waals surface area contributed by atoms with E-state index >= 15 is 0 Å². The molecule has 2 N–H and O–H groups in total. The molecule has 0 aliphatic rings. The predicted molar refractivity (Wildman–Crippen MR) is 82.0 cm³/mol. The Morgan fingerprint density at radius 1 is 1.10 bits per heavy atom. The topological polar surface area (TPSA) is 112 Å². The Kier molecular flexibility index (Phi) is 9.00. The molecule has 2 rings (SSSR count). The molecule has 6 heteroatoms. The molecule has 106 valence electrons. The van der Waals surface area contributed by atoms with E-state index in [0.29, 0.717) is 0 Å². The molecule has 0 saturated heterocycles. The van der Waals surface area contributed by atoms with Crippen LogP contribution in [0.4, 0.5) is 0 Å². The standard InChI is InChI=1S/C13H14N4.2CHN/c1-2-10-7-15-13(16-8-10)12-5-3-11(4-6-12)9-17-14;2*1-2/h3-9H,2,14H2,1H3;2*1H. The van der Waals surface area contributed by atoms with Crippen molar-refractivity contribution in [3.63, 3.8) is 0 Å². The maximum Gasteiger partial charge on any atom is 0.159 e. The third kappa shape index (κ3) is 5.50. The summed E-state index contributed by atoms with van der Waals surface area (Å²) in [6, 6.07) is 7.78. The molecule has 0 bridgehead atoms. The van der Waals surface area contributed by atoms with Crippen LogP contribution < -0.4 is 5.84 Å². The summed E-state index contributed by atoms with van der Waals surface area (Å²) in [6.07, 6.45) is 6.27. The van der Waals surface area contributed by atoms with Crippen LogP contribution in [0.5, 0.6) is 0 Å². The average molecular weight is 280 g/mol.